The molecule has 2 aromatic heterocycles. The molecule has 1 aromatic carbocycles. The average Bonchev–Trinajstić information content (AvgIpc) is 3.06. The van der Waals surface area contributed by atoms with Crippen LogP contribution in [0.5, 0.6) is 5.75 Å². The standard InChI is InChI=1S/C21H22N4O4S/c1-13-21(30-15(3)23-13)18-8-9-20(28)25(24-18)11-10-22-19(27)12-29-17-6-4-16(5-7-17)14(2)26/h4-9H,10-12H2,1-3H3,(H,22,27). The van der Waals surface area contributed by atoms with Crippen LogP contribution in [0, 0.1) is 13.8 Å². The van der Waals surface area contributed by atoms with Crippen molar-refractivity contribution < 1.29 is 14.3 Å². The first-order valence-electron chi connectivity index (χ1n) is 9.36. The summed E-state index contributed by atoms with van der Waals surface area (Å²) in [7, 11) is 0. The fourth-order valence-electron chi connectivity index (χ4n) is 2.79. The Morgan fingerprint density at radius 2 is 1.87 bits per heavy atom. The van der Waals surface area contributed by atoms with Crippen molar-refractivity contribution in [3.8, 4) is 16.3 Å². The molecule has 0 saturated carbocycles. The number of benzene rings is 1. The number of thiazole rings is 1. The molecule has 0 unspecified atom stereocenters. The lowest BCUT2D eigenvalue weighted by molar-refractivity contribution is -0.123. The Morgan fingerprint density at radius 3 is 2.50 bits per heavy atom. The lowest BCUT2D eigenvalue weighted by atomic mass is 10.1. The molecule has 0 saturated heterocycles. The summed E-state index contributed by atoms with van der Waals surface area (Å²) in [5, 5.41) is 8.03. The van der Waals surface area contributed by atoms with E-state index < -0.39 is 0 Å². The van der Waals surface area contributed by atoms with Crippen LogP contribution >= 0.6 is 11.3 Å². The number of nitrogens with one attached hydrogen (secondary N) is 1. The van der Waals surface area contributed by atoms with Gasteiger partial charge < -0.3 is 10.1 Å². The summed E-state index contributed by atoms with van der Waals surface area (Å²) < 4.78 is 6.73. The molecule has 0 atom stereocenters. The number of ketones is 1. The predicted octanol–water partition coefficient (Wildman–Crippen LogP) is 2.38. The molecule has 0 aliphatic carbocycles. The molecule has 0 spiro atoms. The number of aromatic nitrogens is 3. The van der Waals surface area contributed by atoms with Crippen LogP contribution in [-0.2, 0) is 11.3 Å². The first-order chi connectivity index (χ1) is 14.3. The maximum absolute atomic E-state index is 12.1. The third-order valence-electron chi connectivity index (χ3n) is 4.28. The Labute approximate surface area is 177 Å². The van der Waals surface area contributed by atoms with Crippen molar-refractivity contribution in [2.24, 2.45) is 0 Å². The van der Waals surface area contributed by atoms with E-state index >= 15 is 0 Å². The van der Waals surface area contributed by atoms with E-state index in [1.54, 1.807) is 30.3 Å². The monoisotopic (exact) mass is 426 g/mol. The van der Waals surface area contributed by atoms with Gasteiger partial charge in [0.25, 0.3) is 11.5 Å². The van der Waals surface area contributed by atoms with Gasteiger partial charge >= 0.3 is 0 Å². The molecule has 3 aromatic rings. The molecule has 8 nitrogen and oxygen atoms in total. The lowest BCUT2D eigenvalue weighted by Crippen LogP contribution is -2.34. The molecule has 0 radical (unpaired) electrons. The minimum atomic E-state index is -0.316. The topological polar surface area (TPSA) is 103 Å². The Hall–Kier alpha value is -3.33. The van der Waals surface area contributed by atoms with Crippen molar-refractivity contribution in [2.75, 3.05) is 13.2 Å². The Kier molecular flexibility index (Phi) is 6.73. The zero-order valence-electron chi connectivity index (χ0n) is 17.0. The van der Waals surface area contributed by atoms with Crippen LogP contribution < -0.4 is 15.6 Å². The molecule has 1 amide bonds. The summed E-state index contributed by atoms with van der Waals surface area (Å²) in [4.78, 5) is 40.7. The summed E-state index contributed by atoms with van der Waals surface area (Å²) in [5.41, 5.74) is 1.89. The van der Waals surface area contributed by atoms with Crippen molar-refractivity contribution >= 4 is 23.0 Å². The van der Waals surface area contributed by atoms with Crippen LogP contribution in [0.2, 0.25) is 0 Å². The molecule has 2 heterocycles. The smallest absolute Gasteiger partial charge is 0.266 e. The highest BCUT2D eigenvalue weighted by molar-refractivity contribution is 7.15. The number of hydrogen-bond donors (Lipinski definition) is 1. The zero-order valence-corrected chi connectivity index (χ0v) is 17.8. The summed E-state index contributed by atoms with van der Waals surface area (Å²) in [5.74, 6) is 0.146. The number of carbonyl (C=O) groups excluding carboxylic acids is 2. The van der Waals surface area contributed by atoms with Crippen LogP contribution in [0.1, 0.15) is 28.0 Å². The van der Waals surface area contributed by atoms with E-state index in [1.807, 2.05) is 13.8 Å². The molecule has 0 aliphatic heterocycles. The van der Waals surface area contributed by atoms with Crippen molar-refractivity contribution in [1.82, 2.24) is 20.1 Å². The summed E-state index contributed by atoms with van der Waals surface area (Å²) >= 11 is 1.52. The predicted molar refractivity (Wildman–Crippen MR) is 114 cm³/mol. The zero-order chi connectivity index (χ0) is 21.7. The molecule has 30 heavy (non-hydrogen) atoms. The maximum Gasteiger partial charge on any atom is 0.266 e. The summed E-state index contributed by atoms with van der Waals surface area (Å²) in [6, 6.07) is 9.72. The number of nitrogens with zero attached hydrogens (tertiary/aromatic N) is 3. The molecule has 3 rings (SSSR count). The minimum absolute atomic E-state index is 0.0344. The van der Waals surface area contributed by atoms with E-state index in [2.05, 4.69) is 15.4 Å². The number of ether oxygens (including phenoxy) is 1. The first kappa shape index (κ1) is 21.4. The lowest BCUT2D eigenvalue weighted by Gasteiger charge is -2.09. The Balaban J connectivity index is 1.52. The second-order valence-electron chi connectivity index (χ2n) is 6.65. The Bertz CT molecular complexity index is 1120. The second-order valence-corrected chi connectivity index (χ2v) is 7.85. The van der Waals surface area contributed by atoms with Gasteiger partial charge in [0, 0.05) is 18.2 Å². The third-order valence-corrected chi connectivity index (χ3v) is 5.37. The molecule has 156 valence electrons. The highest BCUT2D eigenvalue weighted by Gasteiger charge is 2.11. The summed E-state index contributed by atoms with van der Waals surface area (Å²) in [6.07, 6.45) is 0. The van der Waals surface area contributed by atoms with Crippen LogP contribution in [0.25, 0.3) is 10.6 Å². The molecule has 1 N–H and O–H groups in total. The average molecular weight is 426 g/mol. The van der Waals surface area contributed by atoms with E-state index in [0.717, 1.165) is 15.6 Å². The van der Waals surface area contributed by atoms with Gasteiger partial charge in [0.15, 0.2) is 12.4 Å². The molecule has 0 bridgehead atoms. The number of aryl methyl sites for hydroxylation is 2. The van der Waals surface area contributed by atoms with Crippen LogP contribution in [0.4, 0.5) is 0 Å². The van der Waals surface area contributed by atoms with Crippen molar-refractivity contribution in [3.05, 3.63) is 63.0 Å². The van der Waals surface area contributed by atoms with Crippen LogP contribution in [-0.4, -0.2) is 39.6 Å². The first-order valence-corrected chi connectivity index (χ1v) is 10.2. The Morgan fingerprint density at radius 1 is 1.13 bits per heavy atom. The largest absolute Gasteiger partial charge is 0.484 e. The number of carbonyl (C=O) groups is 2. The van der Waals surface area contributed by atoms with Gasteiger partial charge in [-0.25, -0.2) is 9.67 Å². The highest BCUT2D eigenvalue weighted by atomic mass is 32.1. The third kappa shape index (κ3) is 5.38. The summed E-state index contributed by atoms with van der Waals surface area (Å²) in [6.45, 7) is 5.63. The van der Waals surface area contributed by atoms with Gasteiger partial charge in [0.2, 0.25) is 0 Å². The minimum Gasteiger partial charge on any atom is -0.484 e. The highest BCUT2D eigenvalue weighted by Crippen LogP contribution is 2.27. The van der Waals surface area contributed by atoms with Crippen molar-refractivity contribution in [2.45, 2.75) is 27.3 Å². The van der Waals surface area contributed by atoms with E-state index in [9.17, 15) is 14.4 Å². The number of amides is 1. The fourth-order valence-corrected chi connectivity index (χ4v) is 3.67. The van der Waals surface area contributed by atoms with Gasteiger partial charge in [-0.2, -0.15) is 5.10 Å². The van der Waals surface area contributed by atoms with E-state index in [0.29, 0.717) is 17.0 Å². The molecular weight excluding hydrogens is 404 g/mol. The normalized spacial score (nSPS) is 10.6. The van der Waals surface area contributed by atoms with Gasteiger partial charge in [-0.05, 0) is 51.1 Å². The molecule has 9 heteroatoms. The van der Waals surface area contributed by atoms with Crippen LogP contribution in [0.15, 0.2) is 41.2 Å². The van der Waals surface area contributed by atoms with Crippen LogP contribution in [0.3, 0.4) is 0 Å². The van der Waals surface area contributed by atoms with Crippen molar-refractivity contribution in [1.29, 1.82) is 0 Å². The maximum atomic E-state index is 12.1. The van der Waals surface area contributed by atoms with Gasteiger partial charge in [0.05, 0.1) is 22.1 Å². The number of hydrogen-bond acceptors (Lipinski definition) is 7. The fraction of sp³-hybridized carbons (Fsp3) is 0.286. The van der Waals surface area contributed by atoms with Gasteiger partial charge in [-0.1, -0.05) is 0 Å². The van der Waals surface area contributed by atoms with E-state index in [1.165, 1.54) is 29.0 Å². The second kappa shape index (κ2) is 9.45. The van der Waals surface area contributed by atoms with Gasteiger partial charge in [-0.3, -0.25) is 14.4 Å². The van der Waals surface area contributed by atoms with Gasteiger partial charge in [0.1, 0.15) is 11.4 Å². The van der Waals surface area contributed by atoms with Gasteiger partial charge in [-0.15, -0.1) is 11.3 Å². The molecular formula is C21H22N4O4S. The SMILES string of the molecule is CC(=O)c1ccc(OCC(=O)NCCn2nc(-c3sc(C)nc3C)ccc2=O)cc1. The van der Waals surface area contributed by atoms with Crippen molar-refractivity contribution in [3.63, 3.8) is 0 Å². The van der Waals surface area contributed by atoms with E-state index in [-0.39, 0.29) is 36.9 Å². The quantitative estimate of drug-likeness (QED) is 0.555. The molecule has 0 aliphatic rings. The van der Waals surface area contributed by atoms with E-state index in [4.69, 9.17) is 4.74 Å². The molecule has 0 fully saturated rings. The number of Topliss-reactive ketones (excluding diaryl/α,β-unsaturated/α-hetero) is 1. The number of rotatable bonds is 8.